The van der Waals surface area contributed by atoms with Crippen molar-refractivity contribution in [2.45, 2.75) is 37.3 Å². The van der Waals surface area contributed by atoms with Gasteiger partial charge < -0.3 is 14.2 Å². The fraction of sp³-hybridized carbons (Fsp3) is 0.500. The molecule has 2 aliphatic carbocycles. The summed E-state index contributed by atoms with van der Waals surface area (Å²) in [6, 6.07) is 4.77. The Hall–Kier alpha value is -1.94. The first-order chi connectivity index (χ1) is 11.7. The molecule has 1 aromatic carbocycles. The Morgan fingerprint density at radius 2 is 2.21 bits per heavy atom. The zero-order valence-electron chi connectivity index (χ0n) is 14.5. The Morgan fingerprint density at radius 3 is 3.00 bits per heavy atom. The molecule has 0 radical (unpaired) electrons. The van der Waals surface area contributed by atoms with Gasteiger partial charge in [-0.05, 0) is 56.6 Å². The van der Waals surface area contributed by atoms with Gasteiger partial charge in [0.2, 0.25) is 0 Å². The third-order valence-electron chi connectivity index (χ3n) is 6.24. The highest BCUT2D eigenvalue weighted by Gasteiger charge is 2.61. The van der Waals surface area contributed by atoms with Gasteiger partial charge in [0.15, 0.2) is 17.6 Å². The van der Waals surface area contributed by atoms with Crippen LogP contribution >= 0.6 is 0 Å². The number of likely N-dealkylation sites (tertiary alicyclic amines) is 1. The third-order valence-corrected chi connectivity index (χ3v) is 6.24. The molecule has 1 aromatic rings. The van der Waals surface area contributed by atoms with E-state index in [1.165, 1.54) is 16.7 Å². The quantitative estimate of drug-likeness (QED) is 0.855. The zero-order chi connectivity index (χ0) is 16.5. The van der Waals surface area contributed by atoms with E-state index in [4.69, 9.17) is 14.2 Å². The number of hydrogen-bond donors (Lipinski definition) is 0. The number of hydrogen-bond acceptors (Lipinski definition) is 4. The summed E-state index contributed by atoms with van der Waals surface area (Å²) in [5, 5.41) is 0. The molecule has 1 fully saturated rings. The van der Waals surface area contributed by atoms with Crippen molar-refractivity contribution < 1.29 is 14.2 Å². The Kier molecular flexibility index (Phi) is 2.88. The maximum Gasteiger partial charge on any atom is 0.169 e. The summed E-state index contributed by atoms with van der Waals surface area (Å²) >= 11 is 0. The van der Waals surface area contributed by atoms with E-state index in [0.717, 1.165) is 36.6 Å². The van der Waals surface area contributed by atoms with E-state index in [-0.39, 0.29) is 11.5 Å². The maximum atomic E-state index is 6.52. The van der Waals surface area contributed by atoms with Crippen LogP contribution in [0.3, 0.4) is 0 Å². The summed E-state index contributed by atoms with van der Waals surface area (Å²) in [6.45, 7) is 3.74. The summed E-state index contributed by atoms with van der Waals surface area (Å²) in [5.41, 5.74) is 4.17. The van der Waals surface area contributed by atoms with Crippen LogP contribution in [0.15, 0.2) is 35.6 Å². The fourth-order valence-electron chi connectivity index (χ4n) is 5.21. The third kappa shape index (κ3) is 1.53. The van der Waals surface area contributed by atoms with Crippen molar-refractivity contribution in [1.29, 1.82) is 0 Å². The van der Waals surface area contributed by atoms with Gasteiger partial charge >= 0.3 is 0 Å². The molecule has 3 atom stereocenters. The normalized spacial score (nSPS) is 32.5. The molecule has 0 saturated carbocycles. The number of likely N-dealkylation sites (N-methyl/N-ethyl adjacent to an activating group) is 1. The topological polar surface area (TPSA) is 30.9 Å². The molecule has 1 spiro atoms. The molecule has 4 heteroatoms. The lowest BCUT2D eigenvalue weighted by Crippen LogP contribution is -2.58. The maximum absolute atomic E-state index is 6.52. The van der Waals surface area contributed by atoms with Gasteiger partial charge in [0, 0.05) is 11.6 Å². The van der Waals surface area contributed by atoms with Gasteiger partial charge in [-0.25, -0.2) is 0 Å². The highest BCUT2D eigenvalue weighted by Crippen LogP contribution is 2.62. The van der Waals surface area contributed by atoms with E-state index >= 15 is 0 Å². The second kappa shape index (κ2) is 4.79. The number of methoxy groups -OCH3 is 1. The summed E-state index contributed by atoms with van der Waals surface area (Å²) < 4.78 is 18.1. The first-order valence-corrected chi connectivity index (χ1v) is 8.83. The number of benzene rings is 1. The fourth-order valence-corrected chi connectivity index (χ4v) is 5.21. The Morgan fingerprint density at radius 1 is 1.33 bits per heavy atom. The van der Waals surface area contributed by atoms with Gasteiger partial charge in [0.05, 0.1) is 19.1 Å². The number of nitrogens with zero attached hydrogens (tertiary/aromatic N) is 1. The number of rotatable bonds is 3. The molecule has 24 heavy (non-hydrogen) atoms. The van der Waals surface area contributed by atoms with Crippen molar-refractivity contribution in [3.8, 4) is 11.5 Å². The molecule has 1 saturated heterocycles. The van der Waals surface area contributed by atoms with Crippen LogP contribution in [0, 0.1) is 0 Å². The smallest absolute Gasteiger partial charge is 0.169 e. The molecule has 2 bridgehead atoms. The van der Waals surface area contributed by atoms with Crippen molar-refractivity contribution in [1.82, 2.24) is 4.90 Å². The van der Waals surface area contributed by atoms with Crippen molar-refractivity contribution in [2.24, 2.45) is 0 Å². The number of piperidine rings is 1. The van der Waals surface area contributed by atoms with Crippen LogP contribution in [-0.4, -0.2) is 44.4 Å². The summed E-state index contributed by atoms with van der Waals surface area (Å²) in [5.74, 6) is 2.74. The number of ether oxygens (including phenoxy) is 3. The van der Waals surface area contributed by atoms with Crippen LogP contribution in [0.25, 0.3) is 0 Å². The highest BCUT2D eigenvalue weighted by atomic mass is 16.6. The molecule has 5 rings (SSSR count). The van der Waals surface area contributed by atoms with E-state index in [0.29, 0.717) is 12.6 Å². The molecule has 4 aliphatic rings. The number of allylic oxidation sites excluding steroid dienone is 2. The van der Waals surface area contributed by atoms with Gasteiger partial charge in [-0.3, -0.25) is 4.90 Å². The monoisotopic (exact) mass is 325 g/mol. The van der Waals surface area contributed by atoms with Crippen LogP contribution in [0.4, 0.5) is 0 Å². The second-order valence-corrected chi connectivity index (χ2v) is 7.17. The average molecular weight is 325 g/mol. The molecular formula is C20H23NO3. The first kappa shape index (κ1) is 14.4. The minimum atomic E-state index is -0.0761. The minimum absolute atomic E-state index is 0.0608. The van der Waals surface area contributed by atoms with Crippen molar-refractivity contribution >= 4 is 0 Å². The highest BCUT2D eigenvalue weighted by molar-refractivity contribution is 5.67. The lowest BCUT2D eigenvalue weighted by molar-refractivity contribution is 0.0732. The summed E-state index contributed by atoms with van der Waals surface area (Å²) in [7, 11) is 3.98. The molecule has 0 aromatic heterocycles. The summed E-state index contributed by atoms with van der Waals surface area (Å²) in [6.07, 6.45) is 6.43. The molecule has 0 unspecified atom stereocenters. The van der Waals surface area contributed by atoms with Gasteiger partial charge in [-0.1, -0.05) is 12.1 Å². The van der Waals surface area contributed by atoms with E-state index in [1.54, 1.807) is 7.11 Å². The largest absolute Gasteiger partial charge is 0.497 e. The van der Waals surface area contributed by atoms with Gasteiger partial charge in [0.1, 0.15) is 5.76 Å². The van der Waals surface area contributed by atoms with Crippen LogP contribution in [0.1, 0.15) is 24.5 Å². The molecule has 2 heterocycles. The lowest BCUT2D eigenvalue weighted by Gasteiger charge is -2.52. The Bertz CT molecular complexity index is 781. The standard InChI is InChI=1S/C20H23NO3/c1-4-23-15-7-5-12-11-14-13-6-8-16(22-3)19-20(13,9-10-21(14)2)17(12)18(15)24-19/h5-8,14,19H,4,9-11H2,1-3H3/t14-,19+,20+/m1/s1. The minimum Gasteiger partial charge on any atom is -0.497 e. The first-order valence-electron chi connectivity index (χ1n) is 8.83. The van der Waals surface area contributed by atoms with Crippen molar-refractivity contribution in [3.05, 3.63) is 46.7 Å². The molecule has 2 aliphatic heterocycles. The predicted octanol–water partition coefficient (Wildman–Crippen LogP) is 2.81. The van der Waals surface area contributed by atoms with Crippen LogP contribution in [-0.2, 0) is 16.6 Å². The van der Waals surface area contributed by atoms with Gasteiger partial charge in [-0.2, -0.15) is 0 Å². The van der Waals surface area contributed by atoms with E-state index in [2.05, 4.69) is 36.2 Å². The van der Waals surface area contributed by atoms with Gasteiger partial charge in [0.25, 0.3) is 0 Å². The SMILES string of the molecule is CCOc1ccc2c3c1O[C@H]1C(OC)=CC=C4[C@@H](C2)N(C)CC[C@]431. The average Bonchev–Trinajstić information content (AvgIpc) is 2.94. The molecule has 0 N–H and O–H groups in total. The lowest BCUT2D eigenvalue weighted by atomic mass is 9.57. The van der Waals surface area contributed by atoms with Crippen molar-refractivity contribution in [3.63, 3.8) is 0 Å². The van der Waals surface area contributed by atoms with Crippen molar-refractivity contribution in [2.75, 3.05) is 27.3 Å². The summed E-state index contributed by atoms with van der Waals surface area (Å²) in [4.78, 5) is 2.48. The molecule has 0 amide bonds. The van der Waals surface area contributed by atoms with Crippen LogP contribution in [0.2, 0.25) is 0 Å². The van der Waals surface area contributed by atoms with E-state index in [9.17, 15) is 0 Å². The second-order valence-electron chi connectivity index (χ2n) is 7.17. The Labute approximate surface area is 142 Å². The van der Waals surface area contributed by atoms with Crippen LogP contribution < -0.4 is 9.47 Å². The van der Waals surface area contributed by atoms with Crippen LogP contribution in [0.5, 0.6) is 11.5 Å². The van der Waals surface area contributed by atoms with Gasteiger partial charge in [-0.15, -0.1) is 0 Å². The Balaban J connectivity index is 1.80. The molecular weight excluding hydrogens is 302 g/mol. The van der Waals surface area contributed by atoms with E-state index < -0.39 is 0 Å². The molecule has 126 valence electrons. The van der Waals surface area contributed by atoms with E-state index in [1.807, 2.05) is 6.92 Å². The molecule has 4 nitrogen and oxygen atoms in total. The zero-order valence-corrected chi connectivity index (χ0v) is 14.5. The predicted molar refractivity (Wildman–Crippen MR) is 91.6 cm³/mol.